The highest BCUT2D eigenvalue weighted by molar-refractivity contribution is 5.78. The molecule has 0 bridgehead atoms. The fourth-order valence-corrected chi connectivity index (χ4v) is 1.91. The van der Waals surface area contributed by atoms with Gasteiger partial charge in [-0.05, 0) is 36.8 Å². The summed E-state index contributed by atoms with van der Waals surface area (Å²) in [7, 11) is 0. The van der Waals surface area contributed by atoms with Crippen LogP contribution in [0.2, 0.25) is 0 Å². The first-order valence-electron chi connectivity index (χ1n) is 6.89. The van der Waals surface area contributed by atoms with Gasteiger partial charge in [0.05, 0.1) is 25.8 Å². The molecule has 1 aromatic heterocycles. The standard InChI is InChI=1S/C16H19NO4/c1-2-20-13-7-5-12(6-8-13)10-16(19)17-11-14(18)15-4-3-9-21-15/h3-9,14,18H,2,10-11H2,1H3,(H,17,19). The number of ether oxygens (including phenoxy) is 1. The van der Waals surface area contributed by atoms with Gasteiger partial charge in [0.25, 0.3) is 0 Å². The molecule has 112 valence electrons. The Morgan fingerprint density at radius 2 is 2.10 bits per heavy atom. The van der Waals surface area contributed by atoms with Crippen LogP contribution >= 0.6 is 0 Å². The lowest BCUT2D eigenvalue weighted by Gasteiger charge is -2.10. The van der Waals surface area contributed by atoms with Gasteiger partial charge in [0.15, 0.2) is 0 Å². The van der Waals surface area contributed by atoms with Gasteiger partial charge in [-0.25, -0.2) is 0 Å². The van der Waals surface area contributed by atoms with E-state index in [2.05, 4.69) is 5.32 Å². The second-order valence-corrected chi connectivity index (χ2v) is 4.59. The van der Waals surface area contributed by atoms with Gasteiger partial charge >= 0.3 is 0 Å². The number of carbonyl (C=O) groups excluding carboxylic acids is 1. The van der Waals surface area contributed by atoms with Crippen molar-refractivity contribution in [1.82, 2.24) is 5.32 Å². The molecule has 0 spiro atoms. The maximum absolute atomic E-state index is 11.8. The number of aliphatic hydroxyl groups excluding tert-OH is 1. The molecular weight excluding hydrogens is 270 g/mol. The second kappa shape index (κ2) is 7.50. The van der Waals surface area contributed by atoms with Gasteiger partial charge < -0.3 is 19.6 Å². The molecule has 1 atom stereocenters. The van der Waals surface area contributed by atoms with E-state index >= 15 is 0 Å². The molecule has 2 rings (SSSR count). The highest BCUT2D eigenvalue weighted by Gasteiger charge is 2.12. The molecule has 0 saturated carbocycles. The summed E-state index contributed by atoms with van der Waals surface area (Å²) in [6, 6.07) is 10.7. The number of benzene rings is 1. The third-order valence-corrected chi connectivity index (χ3v) is 2.96. The maximum atomic E-state index is 11.8. The van der Waals surface area contributed by atoms with E-state index in [-0.39, 0.29) is 18.9 Å². The Kier molecular flexibility index (Phi) is 5.40. The molecule has 21 heavy (non-hydrogen) atoms. The fourth-order valence-electron chi connectivity index (χ4n) is 1.91. The number of furan rings is 1. The number of hydrogen-bond acceptors (Lipinski definition) is 4. The van der Waals surface area contributed by atoms with Gasteiger partial charge in [0.1, 0.15) is 17.6 Å². The predicted octanol–water partition coefficient (Wildman–Crippen LogP) is 2.07. The quantitative estimate of drug-likeness (QED) is 0.818. The van der Waals surface area contributed by atoms with Crippen molar-refractivity contribution < 1.29 is 19.1 Å². The third-order valence-electron chi connectivity index (χ3n) is 2.96. The Morgan fingerprint density at radius 3 is 2.71 bits per heavy atom. The number of carbonyl (C=O) groups is 1. The monoisotopic (exact) mass is 289 g/mol. The first-order valence-corrected chi connectivity index (χ1v) is 6.89. The van der Waals surface area contributed by atoms with Gasteiger partial charge in [0, 0.05) is 0 Å². The highest BCUT2D eigenvalue weighted by atomic mass is 16.5. The molecule has 2 aromatic rings. The topological polar surface area (TPSA) is 71.7 Å². The van der Waals surface area contributed by atoms with Crippen molar-refractivity contribution in [2.45, 2.75) is 19.4 Å². The van der Waals surface area contributed by atoms with Gasteiger partial charge in [0.2, 0.25) is 5.91 Å². The van der Waals surface area contributed by atoms with Crippen LogP contribution in [-0.4, -0.2) is 24.2 Å². The van der Waals surface area contributed by atoms with Crippen LogP contribution in [0.4, 0.5) is 0 Å². The minimum atomic E-state index is -0.829. The van der Waals surface area contributed by atoms with Gasteiger partial charge in [-0.15, -0.1) is 0 Å². The van der Waals surface area contributed by atoms with Crippen molar-refractivity contribution in [3.05, 3.63) is 54.0 Å². The van der Waals surface area contributed by atoms with Crippen molar-refractivity contribution in [3.8, 4) is 5.75 Å². The van der Waals surface area contributed by atoms with Crippen LogP contribution < -0.4 is 10.1 Å². The SMILES string of the molecule is CCOc1ccc(CC(=O)NCC(O)c2ccco2)cc1. The maximum Gasteiger partial charge on any atom is 0.224 e. The molecule has 1 amide bonds. The number of nitrogens with one attached hydrogen (secondary N) is 1. The molecular formula is C16H19NO4. The minimum absolute atomic E-state index is 0.128. The molecule has 0 fully saturated rings. The lowest BCUT2D eigenvalue weighted by Crippen LogP contribution is -2.29. The molecule has 1 aromatic carbocycles. The third kappa shape index (κ3) is 4.65. The van der Waals surface area contributed by atoms with Gasteiger partial charge in [-0.2, -0.15) is 0 Å². The molecule has 1 heterocycles. The van der Waals surface area contributed by atoms with Gasteiger partial charge in [-0.3, -0.25) is 4.79 Å². The van der Waals surface area contributed by atoms with Crippen LogP contribution in [0, 0.1) is 0 Å². The summed E-state index contributed by atoms with van der Waals surface area (Å²) >= 11 is 0. The molecule has 2 N–H and O–H groups in total. The summed E-state index contributed by atoms with van der Waals surface area (Å²) in [6.07, 6.45) is 0.918. The molecule has 1 unspecified atom stereocenters. The van der Waals surface area contributed by atoms with Crippen LogP contribution in [0.15, 0.2) is 47.1 Å². The summed E-state index contributed by atoms with van der Waals surface area (Å²) in [4.78, 5) is 11.8. The largest absolute Gasteiger partial charge is 0.494 e. The van der Waals surface area contributed by atoms with Crippen LogP contribution in [0.3, 0.4) is 0 Å². The fraction of sp³-hybridized carbons (Fsp3) is 0.312. The van der Waals surface area contributed by atoms with E-state index in [0.717, 1.165) is 11.3 Å². The average molecular weight is 289 g/mol. The summed E-state index contributed by atoms with van der Waals surface area (Å²) in [5, 5.41) is 12.5. The summed E-state index contributed by atoms with van der Waals surface area (Å²) in [6.45, 7) is 2.67. The molecule has 0 aliphatic heterocycles. The Hall–Kier alpha value is -2.27. The van der Waals surface area contributed by atoms with Crippen LogP contribution in [0.5, 0.6) is 5.75 Å². The number of hydrogen-bond donors (Lipinski definition) is 2. The Morgan fingerprint density at radius 1 is 1.33 bits per heavy atom. The van der Waals surface area contributed by atoms with Crippen molar-refractivity contribution in [1.29, 1.82) is 0 Å². The zero-order valence-electron chi connectivity index (χ0n) is 11.9. The minimum Gasteiger partial charge on any atom is -0.494 e. The van der Waals surface area contributed by atoms with E-state index in [1.165, 1.54) is 6.26 Å². The molecule has 0 aliphatic rings. The van der Waals surface area contributed by atoms with E-state index < -0.39 is 6.10 Å². The summed E-state index contributed by atoms with van der Waals surface area (Å²) in [5.41, 5.74) is 0.892. The van der Waals surface area contributed by atoms with E-state index in [4.69, 9.17) is 9.15 Å². The average Bonchev–Trinajstić information content (AvgIpc) is 3.01. The van der Waals surface area contributed by atoms with E-state index in [1.807, 2.05) is 31.2 Å². The molecule has 0 radical (unpaired) electrons. The normalized spacial score (nSPS) is 11.9. The molecule has 5 heteroatoms. The smallest absolute Gasteiger partial charge is 0.224 e. The first kappa shape index (κ1) is 15.1. The molecule has 0 aliphatic carbocycles. The lowest BCUT2D eigenvalue weighted by atomic mass is 10.1. The Labute approximate surface area is 123 Å². The van der Waals surface area contributed by atoms with Crippen LogP contribution in [0.25, 0.3) is 0 Å². The van der Waals surface area contributed by atoms with E-state index in [9.17, 15) is 9.90 Å². The molecule has 0 saturated heterocycles. The van der Waals surface area contributed by atoms with E-state index in [1.54, 1.807) is 12.1 Å². The zero-order valence-corrected chi connectivity index (χ0v) is 11.9. The van der Waals surface area contributed by atoms with Crippen LogP contribution in [-0.2, 0) is 11.2 Å². The number of aliphatic hydroxyl groups is 1. The van der Waals surface area contributed by atoms with Crippen molar-refractivity contribution >= 4 is 5.91 Å². The van der Waals surface area contributed by atoms with Crippen molar-refractivity contribution in [2.24, 2.45) is 0 Å². The second-order valence-electron chi connectivity index (χ2n) is 4.59. The summed E-state index contributed by atoms with van der Waals surface area (Å²) in [5.74, 6) is 1.08. The van der Waals surface area contributed by atoms with Crippen molar-refractivity contribution in [3.63, 3.8) is 0 Å². The first-order chi connectivity index (χ1) is 10.2. The van der Waals surface area contributed by atoms with Crippen LogP contribution in [0.1, 0.15) is 24.4 Å². The van der Waals surface area contributed by atoms with E-state index in [0.29, 0.717) is 12.4 Å². The summed E-state index contributed by atoms with van der Waals surface area (Å²) < 4.78 is 10.4. The van der Waals surface area contributed by atoms with Crippen molar-refractivity contribution in [2.75, 3.05) is 13.2 Å². The van der Waals surface area contributed by atoms with Gasteiger partial charge in [-0.1, -0.05) is 12.1 Å². The Bertz CT molecular complexity index is 548. The number of rotatable bonds is 7. The highest BCUT2D eigenvalue weighted by Crippen LogP contribution is 2.13. The Balaban J connectivity index is 1.78. The predicted molar refractivity (Wildman–Crippen MR) is 78.0 cm³/mol. The zero-order chi connectivity index (χ0) is 15.1. The number of amides is 1. The lowest BCUT2D eigenvalue weighted by molar-refractivity contribution is -0.120. The molecule has 5 nitrogen and oxygen atoms in total.